The van der Waals surface area contributed by atoms with Crippen LogP contribution in [0.15, 0.2) is 0 Å². The van der Waals surface area contributed by atoms with Gasteiger partial charge in [-0.25, -0.2) is 0 Å². The van der Waals surface area contributed by atoms with Gasteiger partial charge in [0.25, 0.3) is 0 Å². The molecule has 0 aliphatic heterocycles. The molecule has 16 heavy (non-hydrogen) atoms. The van der Waals surface area contributed by atoms with Crippen molar-refractivity contribution in [1.29, 1.82) is 0 Å². The van der Waals surface area contributed by atoms with Crippen molar-refractivity contribution in [2.45, 2.75) is 71.6 Å². The first-order valence-electron chi connectivity index (χ1n) is 7.55. The molecule has 2 atom stereocenters. The van der Waals surface area contributed by atoms with Gasteiger partial charge >= 0.3 is 0 Å². The fourth-order valence-electron chi connectivity index (χ4n) is 2.84. The summed E-state index contributed by atoms with van der Waals surface area (Å²) in [6, 6.07) is 0. The van der Waals surface area contributed by atoms with Crippen LogP contribution in [0, 0.1) is 11.8 Å². The van der Waals surface area contributed by atoms with E-state index in [-0.39, 0.29) is 0 Å². The summed E-state index contributed by atoms with van der Waals surface area (Å²) >= 11 is 0. The van der Waals surface area contributed by atoms with Crippen LogP contribution in [0.2, 0.25) is 0 Å². The highest BCUT2D eigenvalue weighted by Gasteiger charge is 2.20. The SMILES string of the molecule is CCCCCCCNCC1CCCCC1C. The Morgan fingerprint density at radius 2 is 1.75 bits per heavy atom. The highest BCUT2D eigenvalue weighted by Crippen LogP contribution is 2.28. The highest BCUT2D eigenvalue weighted by atomic mass is 14.9. The van der Waals surface area contributed by atoms with Crippen LogP contribution in [0.1, 0.15) is 71.6 Å². The summed E-state index contributed by atoms with van der Waals surface area (Å²) in [6.07, 6.45) is 12.8. The van der Waals surface area contributed by atoms with Crippen molar-refractivity contribution in [2.75, 3.05) is 13.1 Å². The summed E-state index contributed by atoms with van der Waals surface area (Å²) in [6.45, 7) is 7.23. The standard InChI is InChI=1S/C15H31N/c1-3-4-5-6-9-12-16-13-15-11-8-7-10-14(15)2/h14-16H,3-13H2,1-2H3. The average molecular weight is 225 g/mol. The lowest BCUT2D eigenvalue weighted by molar-refractivity contribution is 0.248. The second-order valence-corrected chi connectivity index (χ2v) is 5.64. The van der Waals surface area contributed by atoms with Gasteiger partial charge in [-0.1, -0.05) is 58.8 Å². The van der Waals surface area contributed by atoms with Gasteiger partial charge in [0, 0.05) is 0 Å². The highest BCUT2D eigenvalue weighted by molar-refractivity contribution is 4.73. The van der Waals surface area contributed by atoms with Crippen molar-refractivity contribution in [3.63, 3.8) is 0 Å². The van der Waals surface area contributed by atoms with Gasteiger partial charge in [-0.15, -0.1) is 0 Å². The molecule has 1 N–H and O–H groups in total. The van der Waals surface area contributed by atoms with Crippen LogP contribution in [-0.2, 0) is 0 Å². The molecule has 0 spiro atoms. The number of hydrogen-bond donors (Lipinski definition) is 1. The molecular formula is C15H31N. The monoisotopic (exact) mass is 225 g/mol. The normalized spacial score (nSPS) is 25.9. The predicted octanol–water partition coefficient (Wildman–Crippen LogP) is 4.37. The molecular weight excluding hydrogens is 194 g/mol. The van der Waals surface area contributed by atoms with E-state index >= 15 is 0 Å². The molecule has 2 unspecified atom stereocenters. The molecule has 1 aliphatic rings. The first kappa shape index (κ1) is 14.0. The zero-order valence-electron chi connectivity index (χ0n) is 11.4. The predicted molar refractivity (Wildman–Crippen MR) is 72.8 cm³/mol. The third kappa shape index (κ3) is 5.89. The van der Waals surface area contributed by atoms with Gasteiger partial charge in [-0.05, 0) is 37.8 Å². The molecule has 0 radical (unpaired) electrons. The van der Waals surface area contributed by atoms with Crippen LogP contribution in [0.5, 0.6) is 0 Å². The number of rotatable bonds is 8. The Labute approximate surface area is 102 Å². The maximum absolute atomic E-state index is 3.66. The van der Waals surface area contributed by atoms with Crippen molar-refractivity contribution >= 4 is 0 Å². The van der Waals surface area contributed by atoms with Gasteiger partial charge < -0.3 is 5.32 Å². The Morgan fingerprint density at radius 1 is 1.00 bits per heavy atom. The molecule has 0 aromatic carbocycles. The van der Waals surface area contributed by atoms with Crippen LogP contribution in [0.3, 0.4) is 0 Å². The molecule has 0 heterocycles. The van der Waals surface area contributed by atoms with Crippen molar-refractivity contribution in [3.05, 3.63) is 0 Å². The van der Waals surface area contributed by atoms with Crippen LogP contribution in [0.25, 0.3) is 0 Å². The number of nitrogens with one attached hydrogen (secondary N) is 1. The molecule has 1 aliphatic carbocycles. The molecule has 0 saturated heterocycles. The van der Waals surface area contributed by atoms with Crippen LogP contribution in [0.4, 0.5) is 0 Å². The lowest BCUT2D eigenvalue weighted by atomic mass is 9.80. The van der Waals surface area contributed by atoms with Crippen molar-refractivity contribution in [3.8, 4) is 0 Å². The average Bonchev–Trinajstić information content (AvgIpc) is 2.30. The van der Waals surface area contributed by atoms with E-state index in [1.165, 1.54) is 70.9 Å². The molecule has 0 amide bonds. The number of hydrogen-bond acceptors (Lipinski definition) is 1. The summed E-state index contributed by atoms with van der Waals surface area (Å²) in [5.41, 5.74) is 0. The van der Waals surface area contributed by atoms with Gasteiger partial charge in [-0.3, -0.25) is 0 Å². The fourth-order valence-corrected chi connectivity index (χ4v) is 2.84. The summed E-state index contributed by atoms with van der Waals surface area (Å²) in [4.78, 5) is 0. The smallest absolute Gasteiger partial charge is 0.00180 e. The maximum Gasteiger partial charge on any atom is -0.00180 e. The molecule has 1 nitrogen and oxygen atoms in total. The third-order valence-electron chi connectivity index (χ3n) is 4.15. The van der Waals surface area contributed by atoms with Gasteiger partial charge in [-0.2, -0.15) is 0 Å². The third-order valence-corrected chi connectivity index (χ3v) is 4.15. The van der Waals surface area contributed by atoms with Crippen molar-refractivity contribution in [1.82, 2.24) is 5.32 Å². The first-order chi connectivity index (χ1) is 7.84. The van der Waals surface area contributed by atoms with Crippen LogP contribution in [-0.4, -0.2) is 13.1 Å². The minimum atomic E-state index is 0.960. The fraction of sp³-hybridized carbons (Fsp3) is 1.00. The van der Waals surface area contributed by atoms with E-state index in [2.05, 4.69) is 19.2 Å². The molecule has 0 aromatic rings. The van der Waals surface area contributed by atoms with E-state index < -0.39 is 0 Å². The van der Waals surface area contributed by atoms with Gasteiger partial charge in [0.2, 0.25) is 0 Å². The Kier molecular flexibility index (Phi) is 7.92. The van der Waals surface area contributed by atoms with E-state index in [9.17, 15) is 0 Å². The van der Waals surface area contributed by atoms with E-state index in [4.69, 9.17) is 0 Å². The molecule has 1 fully saturated rings. The lowest BCUT2D eigenvalue weighted by Gasteiger charge is -2.28. The molecule has 0 bridgehead atoms. The Morgan fingerprint density at radius 3 is 2.50 bits per heavy atom. The quantitative estimate of drug-likeness (QED) is 0.605. The Bertz CT molecular complexity index is 156. The van der Waals surface area contributed by atoms with E-state index in [0.717, 1.165) is 11.8 Å². The maximum atomic E-state index is 3.66. The van der Waals surface area contributed by atoms with E-state index in [1.807, 2.05) is 0 Å². The second kappa shape index (κ2) is 9.04. The molecule has 96 valence electrons. The Balaban J connectivity index is 1.90. The van der Waals surface area contributed by atoms with Gasteiger partial charge in [0.05, 0.1) is 0 Å². The molecule has 0 aromatic heterocycles. The van der Waals surface area contributed by atoms with E-state index in [0.29, 0.717) is 0 Å². The summed E-state index contributed by atoms with van der Waals surface area (Å²) in [5.74, 6) is 1.92. The van der Waals surface area contributed by atoms with Gasteiger partial charge in [0.1, 0.15) is 0 Å². The summed E-state index contributed by atoms with van der Waals surface area (Å²) < 4.78 is 0. The summed E-state index contributed by atoms with van der Waals surface area (Å²) in [7, 11) is 0. The Hall–Kier alpha value is -0.0400. The van der Waals surface area contributed by atoms with Crippen LogP contribution < -0.4 is 5.32 Å². The zero-order chi connectivity index (χ0) is 11.6. The largest absolute Gasteiger partial charge is 0.316 e. The van der Waals surface area contributed by atoms with E-state index in [1.54, 1.807) is 0 Å². The molecule has 1 rings (SSSR count). The first-order valence-corrected chi connectivity index (χ1v) is 7.55. The second-order valence-electron chi connectivity index (χ2n) is 5.64. The lowest BCUT2D eigenvalue weighted by Crippen LogP contribution is -2.29. The zero-order valence-corrected chi connectivity index (χ0v) is 11.4. The van der Waals surface area contributed by atoms with Crippen LogP contribution >= 0.6 is 0 Å². The van der Waals surface area contributed by atoms with Crippen molar-refractivity contribution in [2.24, 2.45) is 11.8 Å². The molecule has 1 saturated carbocycles. The molecule has 1 heteroatoms. The minimum absolute atomic E-state index is 0.960. The summed E-state index contributed by atoms with van der Waals surface area (Å²) in [5, 5.41) is 3.66. The van der Waals surface area contributed by atoms with Crippen molar-refractivity contribution < 1.29 is 0 Å². The minimum Gasteiger partial charge on any atom is -0.316 e. The topological polar surface area (TPSA) is 12.0 Å². The van der Waals surface area contributed by atoms with Gasteiger partial charge in [0.15, 0.2) is 0 Å². The number of unbranched alkanes of at least 4 members (excludes halogenated alkanes) is 4.